The van der Waals surface area contributed by atoms with Crippen molar-refractivity contribution in [1.82, 2.24) is 10.6 Å². The van der Waals surface area contributed by atoms with Crippen LogP contribution in [0, 0.1) is 23.7 Å². The molecule has 0 aromatic heterocycles. The van der Waals surface area contributed by atoms with Gasteiger partial charge in [0.25, 0.3) is 0 Å². The van der Waals surface area contributed by atoms with Crippen LogP contribution in [-0.2, 0) is 52.2 Å². The Bertz CT molecular complexity index is 1980. The van der Waals surface area contributed by atoms with Crippen LogP contribution in [0.15, 0.2) is 59.3 Å². The van der Waals surface area contributed by atoms with E-state index in [2.05, 4.69) is 64.3 Å². The molecule has 1 aliphatic carbocycles. The number of rotatable bonds is 10. The average Bonchev–Trinajstić information content (AvgIpc) is 3.63. The number of methoxy groups -OCH3 is 2. The summed E-state index contributed by atoms with van der Waals surface area (Å²) in [4.78, 5) is 14.4. The number of hydrogen-bond donors (Lipinski definition) is 4. The summed E-state index contributed by atoms with van der Waals surface area (Å²) in [6.45, 7) is 22.5. The molecule has 16 heteroatoms. The van der Waals surface area contributed by atoms with Gasteiger partial charge in [-0.3, -0.25) is 4.79 Å². The number of nitrogens with one attached hydrogen (secondary N) is 2. The Hall–Kier alpha value is -2.58. The standard InChI is InChI=1S/C53H82N2O13S/c1-14-29(4)46-32(7)20-21-52(68-46)26-38-23-37(67-52)19-18-31(6)45(30(5)16-15-17-36-27-61-48-44(56)33(8)22-39(49(57)64-38)53(36,48)58)65-42-24-40(59-12)47(34(9)62-42)66-43-25-41(60-13)51(11,35(10)63-43)55-50(69)54-28(2)3/h15-18,20-22,28-30,32,34-35,37-48,56,58H,14,19,23-27H2,1-13H3,(H2,54,55,69)/t29?,30?,32-,34-,35-,37+,38-,39-,40-,41-,42?,43?,44+,45-,46+,47-,48+,51-,52+,53+/m0/s1. The van der Waals surface area contributed by atoms with Crippen LogP contribution >= 0.6 is 12.2 Å². The zero-order chi connectivity index (χ0) is 50.2. The topological polar surface area (TPSA) is 174 Å². The number of carbonyl (C=O) groups is 1. The van der Waals surface area contributed by atoms with E-state index < -0.39 is 78.0 Å². The molecule has 4 saturated heterocycles. The number of carbonyl (C=O) groups excluding carboxylic acids is 1. The van der Waals surface area contributed by atoms with Crippen molar-refractivity contribution < 1.29 is 62.4 Å². The summed E-state index contributed by atoms with van der Waals surface area (Å²) in [5.41, 5.74) is -0.474. The lowest BCUT2D eigenvalue weighted by Gasteiger charge is -2.50. The first kappa shape index (κ1) is 54.2. The lowest BCUT2D eigenvalue weighted by Crippen LogP contribution is -2.68. The zero-order valence-corrected chi connectivity index (χ0v) is 44.0. The molecule has 4 unspecified atom stereocenters. The predicted octanol–water partition coefficient (Wildman–Crippen LogP) is 6.65. The number of allylic oxidation sites excluding steroid dienone is 2. The maximum Gasteiger partial charge on any atom is 0.316 e. The highest BCUT2D eigenvalue weighted by molar-refractivity contribution is 7.80. The van der Waals surface area contributed by atoms with E-state index in [1.807, 2.05) is 45.9 Å². The summed E-state index contributed by atoms with van der Waals surface area (Å²) < 4.78 is 65.4. The Morgan fingerprint density at radius 1 is 0.957 bits per heavy atom. The first-order valence-corrected chi connectivity index (χ1v) is 25.8. The zero-order valence-electron chi connectivity index (χ0n) is 43.2. The number of aliphatic hydroxyl groups is 2. The van der Waals surface area contributed by atoms with E-state index in [-0.39, 0.29) is 60.9 Å². The molecule has 4 fully saturated rings. The molecule has 20 atom stereocenters. The van der Waals surface area contributed by atoms with Crippen LogP contribution in [0.4, 0.5) is 0 Å². The van der Waals surface area contributed by atoms with Crippen LogP contribution in [0.25, 0.3) is 0 Å². The first-order valence-electron chi connectivity index (χ1n) is 25.4. The summed E-state index contributed by atoms with van der Waals surface area (Å²) in [7, 11) is 3.37. The van der Waals surface area contributed by atoms with Gasteiger partial charge in [-0.1, -0.05) is 70.6 Å². The van der Waals surface area contributed by atoms with Crippen LogP contribution in [0.1, 0.15) is 115 Å². The van der Waals surface area contributed by atoms with Crippen molar-refractivity contribution in [1.29, 1.82) is 0 Å². The third kappa shape index (κ3) is 11.5. The summed E-state index contributed by atoms with van der Waals surface area (Å²) in [5.74, 6) is -2.58. The van der Waals surface area contributed by atoms with Gasteiger partial charge in [0.1, 0.15) is 35.9 Å². The molecule has 4 N–H and O–H groups in total. The normalized spacial score (nSPS) is 44.4. The van der Waals surface area contributed by atoms with Crippen LogP contribution in [0.3, 0.4) is 0 Å². The van der Waals surface area contributed by atoms with E-state index in [9.17, 15) is 15.0 Å². The second-order valence-corrected chi connectivity index (χ2v) is 21.8. The number of fused-ring (bicyclic) bond motifs is 2. The highest BCUT2D eigenvalue weighted by Crippen LogP contribution is 2.47. The predicted molar refractivity (Wildman–Crippen MR) is 264 cm³/mol. The largest absolute Gasteiger partial charge is 0.462 e. The fourth-order valence-corrected chi connectivity index (χ4v) is 11.9. The van der Waals surface area contributed by atoms with Gasteiger partial charge in [0.2, 0.25) is 0 Å². The Balaban J connectivity index is 1.14. The number of esters is 1. The lowest BCUT2D eigenvalue weighted by atomic mass is 9.71. The van der Waals surface area contributed by atoms with Crippen molar-refractivity contribution >= 4 is 23.3 Å². The molecule has 388 valence electrons. The molecule has 7 rings (SSSR count). The van der Waals surface area contributed by atoms with Crippen LogP contribution in [-0.4, -0.2) is 145 Å². The molecule has 1 spiro atoms. The van der Waals surface area contributed by atoms with E-state index in [4.69, 9.17) is 59.6 Å². The molecular weight excluding hydrogens is 905 g/mol. The molecule has 0 aromatic rings. The minimum Gasteiger partial charge on any atom is -0.462 e. The average molecular weight is 987 g/mol. The van der Waals surface area contributed by atoms with Crippen LogP contribution in [0.5, 0.6) is 0 Å². The molecule has 2 bridgehead atoms. The van der Waals surface area contributed by atoms with Gasteiger partial charge in [0.15, 0.2) is 23.5 Å². The number of hydrogen-bond acceptors (Lipinski definition) is 14. The molecule has 0 radical (unpaired) electrons. The number of aliphatic hydroxyl groups excluding tert-OH is 1. The molecule has 15 nitrogen and oxygen atoms in total. The van der Waals surface area contributed by atoms with Crippen LogP contribution in [0.2, 0.25) is 0 Å². The van der Waals surface area contributed by atoms with Crippen molar-refractivity contribution in [2.24, 2.45) is 23.7 Å². The first-order chi connectivity index (χ1) is 32.6. The fraction of sp³-hybridized carbons (Fsp3) is 0.774. The molecule has 0 amide bonds. The fourth-order valence-electron chi connectivity index (χ4n) is 11.5. The quantitative estimate of drug-likeness (QED) is 0.104. The van der Waals surface area contributed by atoms with E-state index in [0.29, 0.717) is 48.4 Å². The van der Waals surface area contributed by atoms with Gasteiger partial charge >= 0.3 is 5.97 Å². The Labute approximate surface area is 416 Å². The smallest absolute Gasteiger partial charge is 0.316 e. The van der Waals surface area contributed by atoms with Crippen molar-refractivity contribution in [2.45, 2.75) is 217 Å². The minimum absolute atomic E-state index is 0.0312. The van der Waals surface area contributed by atoms with Crippen molar-refractivity contribution in [2.75, 3.05) is 20.8 Å². The van der Waals surface area contributed by atoms with Crippen molar-refractivity contribution in [3.05, 3.63) is 59.3 Å². The van der Waals surface area contributed by atoms with Crippen LogP contribution < -0.4 is 10.6 Å². The van der Waals surface area contributed by atoms with Gasteiger partial charge in [0, 0.05) is 57.8 Å². The Morgan fingerprint density at radius 2 is 1.70 bits per heavy atom. The summed E-state index contributed by atoms with van der Waals surface area (Å²) in [6.07, 6.45) is 9.75. The molecule has 0 aromatic carbocycles. The lowest BCUT2D eigenvalue weighted by molar-refractivity contribution is -0.316. The number of thiocarbonyl (C=S) groups is 1. The second-order valence-electron chi connectivity index (χ2n) is 21.4. The molecule has 69 heavy (non-hydrogen) atoms. The third-order valence-electron chi connectivity index (χ3n) is 15.9. The van der Waals surface area contributed by atoms with E-state index in [1.54, 1.807) is 33.3 Å². The van der Waals surface area contributed by atoms with E-state index in [0.717, 1.165) is 12.0 Å². The van der Waals surface area contributed by atoms with Gasteiger partial charge in [-0.2, -0.15) is 0 Å². The van der Waals surface area contributed by atoms with Gasteiger partial charge in [-0.05, 0) is 95.8 Å². The summed E-state index contributed by atoms with van der Waals surface area (Å²) in [6, 6.07) is 0.171. The molecule has 7 aliphatic rings. The molecule has 0 saturated carbocycles. The van der Waals surface area contributed by atoms with Crippen molar-refractivity contribution in [3.8, 4) is 0 Å². The Morgan fingerprint density at radius 3 is 2.39 bits per heavy atom. The van der Waals surface area contributed by atoms with Gasteiger partial charge in [-0.25, -0.2) is 0 Å². The van der Waals surface area contributed by atoms with Gasteiger partial charge in [-0.15, -0.1) is 0 Å². The maximum atomic E-state index is 14.4. The molecular formula is C53H82N2O13S. The van der Waals surface area contributed by atoms with Gasteiger partial charge in [0.05, 0.1) is 54.9 Å². The van der Waals surface area contributed by atoms with Gasteiger partial charge < -0.3 is 68.2 Å². The molecule has 6 heterocycles. The SMILES string of the molecule is CCC(C)[C@H]1O[C@]2(C=C[C@@H]1C)C[C@@H]1C[C@@H](CC=C(C)[C@@H](OC3C[C@H](OC)[C@@H](OC4C[C@H](OC)[C@@](C)(NC(=S)NC(C)C)[C@H](C)O4)[C@H](C)O3)C(C)C=CC=C3CO[C@@H]4[C@H](O)C(C)=C[C@@H](C(=O)O1)[C@]34O)O2. The highest BCUT2D eigenvalue weighted by atomic mass is 32.1. The second kappa shape index (κ2) is 22.3. The summed E-state index contributed by atoms with van der Waals surface area (Å²) >= 11 is 5.62. The third-order valence-corrected chi connectivity index (χ3v) is 16.1. The van der Waals surface area contributed by atoms with E-state index >= 15 is 0 Å². The summed E-state index contributed by atoms with van der Waals surface area (Å²) in [5, 5.41) is 31.1. The Kier molecular flexibility index (Phi) is 17.5. The number of ether oxygens (including phenoxy) is 10. The minimum atomic E-state index is -1.84. The van der Waals surface area contributed by atoms with E-state index in [1.165, 1.54) is 0 Å². The highest BCUT2D eigenvalue weighted by Gasteiger charge is 2.60. The van der Waals surface area contributed by atoms with Crippen molar-refractivity contribution in [3.63, 3.8) is 0 Å². The monoisotopic (exact) mass is 987 g/mol. The molecule has 6 aliphatic heterocycles. The maximum absolute atomic E-state index is 14.4.